The molecule has 0 bridgehead atoms. The van der Waals surface area contributed by atoms with Gasteiger partial charge in [-0.1, -0.05) is 12.1 Å². The summed E-state index contributed by atoms with van der Waals surface area (Å²) in [5.41, 5.74) is 1.40. The monoisotopic (exact) mass is 425 g/mol. The molecule has 0 aromatic heterocycles. The third-order valence-electron chi connectivity index (χ3n) is 4.80. The van der Waals surface area contributed by atoms with Crippen LogP contribution in [0.4, 0.5) is 11.4 Å². The van der Waals surface area contributed by atoms with Crippen molar-refractivity contribution in [3.8, 4) is 11.8 Å². The van der Waals surface area contributed by atoms with Crippen molar-refractivity contribution in [3.63, 3.8) is 0 Å². The zero-order chi connectivity index (χ0) is 22.8. The number of amides is 3. The van der Waals surface area contributed by atoms with Gasteiger partial charge >= 0.3 is 5.97 Å². The number of anilines is 2. The summed E-state index contributed by atoms with van der Waals surface area (Å²) in [6.45, 7) is 1.27. The number of fused-ring (bicyclic) bond motifs is 1. The second-order valence-electron chi connectivity index (χ2n) is 6.91. The summed E-state index contributed by atoms with van der Waals surface area (Å²) in [5, 5.41) is 11.8. The smallest absolute Gasteiger partial charge is 0.308 e. The Morgan fingerprint density at radius 1 is 0.938 bits per heavy atom. The van der Waals surface area contributed by atoms with E-state index in [1.54, 1.807) is 24.3 Å². The molecule has 4 rings (SSSR count). The maximum atomic E-state index is 12.9. The predicted molar refractivity (Wildman–Crippen MR) is 114 cm³/mol. The maximum absolute atomic E-state index is 12.9. The molecule has 1 heterocycles. The number of ether oxygens (including phenoxy) is 1. The summed E-state index contributed by atoms with van der Waals surface area (Å²) in [6.07, 6.45) is 0. The number of imide groups is 1. The molecule has 3 amide bonds. The summed E-state index contributed by atoms with van der Waals surface area (Å²) in [4.78, 5) is 50.5. The number of hydrogen-bond donors (Lipinski definition) is 1. The van der Waals surface area contributed by atoms with Crippen LogP contribution in [-0.4, -0.2) is 23.7 Å². The molecule has 8 heteroatoms. The molecule has 1 aliphatic rings. The number of rotatable bonds is 4. The van der Waals surface area contributed by atoms with Crippen LogP contribution in [0.5, 0.6) is 5.75 Å². The number of nitrogens with zero attached hydrogens (tertiary/aromatic N) is 2. The van der Waals surface area contributed by atoms with E-state index in [4.69, 9.17) is 4.74 Å². The Balaban J connectivity index is 1.59. The third kappa shape index (κ3) is 3.70. The van der Waals surface area contributed by atoms with Gasteiger partial charge in [-0.25, -0.2) is 4.90 Å². The fraction of sp³-hybridized carbons (Fsp3) is 0.0417. The normalized spacial score (nSPS) is 12.2. The van der Waals surface area contributed by atoms with Gasteiger partial charge in [0.1, 0.15) is 11.8 Å². The van der Waals surface area contributed by atoms with Crippen LogP contribution in [0.25, 0.3) is 0 Å². The van der Waals surface area contributed by atoms with Gasteiger partial charge < -0.3 is 10.1 Å². The van der Waals surface area contributed by atoms with Crippen LogP contribution < -0.4 is 15.0 Å². The fourth-order valence-electron chi connectivity index (χ4n) is 3.33. The second kappa shape index (κ2) is 8.16. The molecular weight excluding hydrogens is 410 g/mol. The number of carbonyl (C=O) groups is 4. The van der Waals surface area contributed by atoms with Crippen molar-refractivity contribution >= 4 is 35.1 Å². The lowest BCUT2D eigenvalue weighted by atomic mass is 10.0. The van der Waals surface area contributed by atoms with E-state index >= 15 is 0 Å². The van der Waals surface area contributed by atoms with Gasteiger partial charge in [-0.05, 0) is 54.6 Å². The SMILES string of the molecule is CC(=O)Oc1ccc(N2C(=O)c3ccc(C(=O)Nc4ccccc4C#N)cc3C2=O)cc1. The van der Waals surface area contributed by atoms with Crippen molar-refractivity contribution < 1.29 is 23.9 Å². The van der Waals surface area contributed by atoms with Crippen LogP contribution >= 0.6 is 0 Å². The highest BCUT2D eigenvalue weighted by atomic mass is 16.5. The molecule has 0 aliphatic carbocycles. The minimum Gasteiger partial charge on any atom is -0.427 e. The number of nitriles is 1. The first kappa shape index (κ1) is 20.5. The first-order valence-corrected chi connectivity index (χ1v) is 9.51. The Morgan fingerprint density at radius 2 is 1.62 bits per heavy atom. The Morgan fingerprint density at radius 3 is 2.31 bits per heavy atom. The molecule has 1 aliphatic heterocycles. The molecule has 32 heavy (non-hydrogen) atoms. The van der Waals surface area contributed by atoms with E-state index < -0.39 is 23.7 Å². The van der Waals surface area contributed by atoms with Gasteiger partial charge in [0.15, 0.2) is 0 Å². The van der Waals surface area contributed by atoms with Crippen LogP contribution in [-0.2, 0) is 4.79 Å². The highest BCUT2D eigenvalue weighted by molar-refractivity contribution is 6.34. The third-order valence-corrected chi connectivity index (χ3v) is 4.80. The quantitative estimate of drug-likeness (QED) is 0.388. The largest absolute Gasteiger partial charge is 0.427 e. The van der Waals surface area contributed by atoms with Crippen molar-refractivity contribution in [3.05, 3.63) is 89.0 Å². The topological polar surface area (TPSA) is 117 Å². The van der Waals surface area contributed by atoms with Gasteiger partial charge in [0, 0.05) is 12.5 Å². The second-order valence-corrected chi connectivity index (χ2v) is 6.91. The number of esters is 1. The molecule has 0 unspecified atom stereocenters. The van der Waals surface area contributed by atoms with Gasteiger partial charge in [-0.3, -0.25) is 19.2 Å². The lowest BCUT2D eigenvalue weighted by molar-refractivity contribution is -0.131. The number of nitrogens with one attached hydrogen (secondary N) is 1. The highest BCUT2D eigenvalue weighted by Gasteiger charge is 2.37. The van der Waals surface area contributed by atoms with E-state index in [9.17, 15) is 24.4 Å². The molecule has 0 spiro atoms. The van der Waals surface area contributed by atoms with Crippen molar-refractivity contribution in [2.24, 2.45) is 0 Å². The zero-order valence-corrected chi connectivity index (χ0v) is 16.8. The highest BCUT2D eigenvalue weighted by Crippen LogP contribution is 2.30. The molecule has 0 fully saturated rings. The minimum atomic E-state index is -0.572. The average Bonchev–Trinajstić information content (AvgIpc) is 3.04. The van der Waals surface area contributed by atoms with Crippen molar-refractivity contribution in [2.45, 2.75) is 6.92 Å². The molecule has 0 saturated heterocycles. The van der Waals surface area contributed by atoms with E-state index in [0.717, 1.165) is 4.90 Å². The molecule has 156 valence electrons. The number of para-hydroxylation sites is 1. The van der Waals surface area contributed by atoms with Crippen molar-refractivity contribution in [1.29, 1.82) is 5.26 Å². The van der Waals surface area contributed by atoms with E-state index in [1.807, 2.05) is 6.07 Å². The first-order valence-electron chi connectivity index (χ1n) is 9.51. The summed E-state index contributed by atoms with van der Waals surface area (Å²) in [6, 6.07) is 18.7. The Hall–Kier alpha value is -4.77. The average molecular weight is 425 g/mol. The molecule has 3 aromatic rings. The van der Waals surface area contributed by atoms with Crippen LogP contribution in [0.15, 0.2) is 66.7 Å². The Labute approximate surface area is 182 Å². The van der Waals surface area contributed by atoms with Crippen LogP contribution in [0.2, 0.25) is 0 Å². The van der Waals surface area contributed by atoms with Gasteiger partial charge in [0.05, 0.1) is 28.1 Å². The zero-order valence-electron chi connectivity index (χ0n) is 16.8. The molecule has 8 nitrogen and oxygen atoms in total. The minimum absolute atomic E-state index is 0.0975. The molecule has 0 radical (unpaired) electrons. The number of benzene rings is 3. The predicted octanol–water partition coefficient (Wildman–Crippen LogP) is 3.54. The van der Waals surface area contributed by atoms with E-state index in [-0.39, 0.29) is 22.4 Å². The Kier molecular flexibility index (Phi) is 5.23. The summed E-state index contributed by atoms with van der Waals surface area (Å²) in [7, 11) is 0. The van der Waals surface area contributed by atoms with E-state index in [2.05, 4.69) is 5.32 Å². The van der Waals surface area contributed by atoms with Crippen LogP contribution in [0.1, 0.15) is 43.6 Å². The van der Waals surface area contributed by atoms with Gasteiger partial charge in [-0.15, -0.1) is 0 Å². The van der Waals surface area contributed by atoms with Crippen LogP contribution in [0.3, 0.4) is 0 Å². The molecule has 0 atom stereocenters. The summed E-state index contributed by atoms with van der Waals surface area (Å²) >= 11 is 0. The van der Waals surface area contributed by atoms with Gasteiger partial charge in [0.2, 0.25) is 0 Å². The lowest BCUT2D eigenvalue weighted by Gasteiger charge is -2.14. The van der Waals surface area contributed by atoms with Crippen molar-refractivity contribution in [2.75, 3.05) is 10.2 Å². The Bertz CT molecular complexity index is 1320. The summed E-state index contributed by atoms with van der Waals surface area (Å²) < 4.78 is 4.96. The van der Waals surface area contributed by atoms with Gasteiger partial charge in [0.25, 0.3) is 17.7 Å². The van der Waals surface area contributed by atoms with Crippen molar-refractivity contribution in [1.82, 2.24) is 0 Å². The lowest BCUT2D eigenvalue weighted by Crippen LogP contribution is -2.29. The van der Waals surface area contributed by atoms with Crippen LogP contribution in [0, 0.1) is 11.3 Å². The molecule has 3 aromatic carbocycles. The van der Waals surface area contributed by atoms with Gasteiger partial charge in [-0.2, -0.15) is 5.26 Å². The fourth-order valence-corrected chi connectivity index (χ4v) is 3.33. The first-order chi connectivity index (χ1) is 15.4. The molecule has 1 N–H and O–H groups in total. The van der Waals surface area contributed by atoms with E-state index in [0.29, 0.717) is 16.9 Å². The maximum Gasteiger partial charge on any atom is 0.308 e. The standard InChI is InChI=1S/C24H15N3O5/c1-14(28)32-18-9-7-17(8-10-18)27-23(30)19-11-6-15(12-20(19)24(27)31)22(29)26-21-5-3-2-4-16(21)13-25/h2-12H,1H3,(H,26,29). The summed E-state index contributed by atoms with van der Waals surface area (Å²) in [5.74, 6) is -1.81. The number of hydrogen-bond acceptors (Lipinski definition) is 6. The number of carbonyl (C=O) groups excluding carboxylic acids is 4. The molecule has 0 saturated carbocycles. The molecular formula is C24H15N3O5. The van der Waals surface area contributed by atoms with E-state index in [1.165, 1.54) is 49.4 Å².